The van der Waals surface area contributed by atoms with Crippen LogP contribution in [0.5, 0.6) is 5.75 Å². The summed E-state index contributed by atoms with van der Waals surface area (Å²) in [6, 6.07) is 11.4. The summed E-state index contributed by atoms with van der Waals surface area (Å²) in [5, 5.41) is 2.08. The molecular weight excluding hydrogens is 254 g/mol. The minimum absolute atomic E-state index is 0.130. The monoisotopic (exact) mass is 273 g/mol. The van der Waals surface area contributed by atoms with Crippen LogP contribution >= 0.6 is 0 Å². The van der Waals surface area contributed by atoms with Crippen molar-refractivity contribution < 1.29 is 14.3 Å². The van der Waals surface area contributed by atoms with Crippen LogP contribution in [0.1, 0.15) is 24.9 Å². The Bertz CT molecular complexity index is 610. The quantitative estimate of drug-likeness (QED) is 0.851. The van der Waals surface area contributed by atoms with Gasteiger partial charge >= 0.3 is 5.97 Å². The Morgan fingerprint density at radius 2 is 2.00 bits per heavy atom. The number of benzene rings is 2. The Hall–Kier alpha value is -2.07. The van der Waals surface area contributed by atoms with Crippen molar-refractivity contribution in [2.75, 3.05) is 13.7 Å². The number of methoxy groups -OCH3 is 1. The molecule has 4 heteroatoms. The molecule has 0 unspecified atom stereocenters. The van der Waals surface area contributed by atoms with Gasteiger partial charge in [0.25, 0.3) is 0 Å². The first-order chi connectivity index (χ1) is 9.67. The number of ether oxygens (including phenoxy) is 2. The molecule has 0 aromatic heterocycles. The number of nitrogens with two attached hydrogens (primary N) is 1. The van der Waals surface area contributed by atoms with Gasteiger partial charge in [0, 0.05) is 11.6 Å². The lowest BCUT2D eigenvalue weighted by Gasteiger charge is -2.18. The lowest BCUT2D eigenvalue weighted by Crippen LogP contribution is -2.17. The normalized spacial score (nSPS) is 12.2. The van der Waals surface area contributed by atoms with Gasteiger partial charge in [0.05, 0.1) is 20.1 Å². The van der Waals surface area contributed by atoms with Crippen LogP contribution in [0.4, 0.5) is 0 Å². The highest BCUT2D eigenvalue weighted by Crippen LogP contribution is 2.33. The van der Waals surface area contributed by atoms with Crippen molar-refractivity contribution in [3.8, 4) is 5.75 Å². The first kappa shape index (κ1) is 14.3. The molecule has 106 valence electrons. The highest BCUT2D eigenvalue weighted by Gasteiger charge is 2.19. The number of carbonyl (C=O) groups is 1. The molecule has 2 aromatic carbocycles. The highest BCUT2D eigenvalue weighted by atomic mass is 16.5. The second-order valence-corrected chi connectivity index (χ2v) is 4.52. The summed E-state index contributed by atoms with van der Waals surface area (Å²) in [5.41, 5.74) is 7.04. The van der Waals surface area contributed by atoms with Crippen LogP contribution in [0.3, 0.4) is 0 Å². The highest BCUT2D eigenvalue weighted by molar-refractivity contribution is 5.88. The molecule has 0 aliphatic heterocycles. The summed E-state index contributed by atoms with van der Waals surface area (Å²) in [5.74, 6) is 0.399. The van der Waals surface area contributed by atoms with Gasteiger partial charge in [-0.05, 0) is 23.8 Å². The maximum absolute atomic E-state index is 11.5. The van der Waals surface area contributed by atoms with Crippen molar-refractivity contribution >= 4 is 16.7 Å². The van der Waals surface area contributed by atoms with E-state index in [1.807, 2.05) is 43.3 Å². The fourth-order valence-corrected chi connectivity index (χ4v) is 2.30. The fourth-order valence-electron chi connectivity index (χ4n) is 2.30. The summed E-state index contributed by atoms with van der Waals surface area (Å²) in [6.45, 7) is 2.47. The zero-order chi connectivity index (χ0) is 14.5. The number of rotatable bonds is 5. The van der Waals surface area contributed by atoms with Crippen molar-refractivity contribution in [2.24, 2.45) is 5.73 Å². The van der Waals surface area contributed by atoms with Gasteiger partial charge in [-0.15, -0.1) is 0 Å². The zero-order valence-corrected chi connectivity index (χ0v) is 11.8. The number of hydrogen-bond acceptors (Lipinski definition) is 4. The number of hydrogen-bond donors (Lipinski definition) is 1. The van der Waals surface area contributed by atoms with E-state index in [1.165, 1.54) is 7.11 Å². The van der Waals surface area contributed by atoms with Crippen LogP contribution in [0.15, 0.2) is 36.4 Å². The lowest BCUT2D eigenvalue weighted by molar-refractivity contribution is -0.141. The van der Waals surface area contributed by atoms with E-state index in [2.05, 4.69) is 0 Å². The summed E-state index contributed by atoms with van der Waals surface area (Å²) in [6.07, 6.45) is 0.130. The molecule has 4 nitrogen and oxygen atoms in total. The van der Waals surface area contributed by atoms with Crippen LogP contribution < -0.4 is 10.5 Å². The molecule has 0 aliphatic rings. The van der Waals surface area contributed by atoms with E-state index < -0.39 is 6.04 Å². The second kappa shape index (κ2) is 6.39. The molecule has 2 aromatic rings. The van der Waals surface area contributed by atoms with Gasteiger partial charge in [0.15, 0.2) is 0 Å². The van der Waals surface area contributed by atoms with E-state index >= 15 is 0 Å². The summed E-state index contributed by atoms with van der Waals surface area (Å²) in [7, 11) is 1.36. The van der Waals surface area contributed by atoms with Crippen LogP contribution in [0.25, 0.3) is 10.8 Å². The third-order valence-corrected chi connectivity index (χ3v) is 3.22. The molecular formula is C16H19NO3. The molecule has 0 spiro atoms. The van der Waals surface area contributed by atoms with Gasteiger partial charge in [-0.1, -0.05) is 30.3 Å². The van der Waals surface area contributed by atoms with Crippen molar-refractivity contribution in [2.45, 2.75) is 19.4 Å². The number of esters is 1. The summed E-state index contributed by atoms with van der Waals surface area (Å²) >= 11 is 0. The lowest BCUT2D eigenvalue weighted by atomic mass is 9.96. The summed E-state index contributed by atoms with van der Waals surface area (Å²) < 4.78 is 10.3. The average Bonchev–Trinajstić information content (AvgIpc) is 2.47. The molecule has 0 amide bonds. The maximum Gasteiger partial charge on any atom is 0.307 e. The minimum atomic E-state index is -0.449. The predicted octanol–water partition coefficient (Wildman–Crippen LogP) is 2.80. The molecule has 0 aliphatic carbocycles. The Labute approximate surface area is 118 Å². The SMILES string of the molecule is CCOc1ccc2ccccc2c1[C@@H](N)CC(=O)OC. The van der Waals surface area contributed by atoms with Gasteiger partial charge < -0.3 is 15.2 Å². The van der Waals surface area contributed by atoms with Gasteiger partial charge in [-0.25, -0.2) is 0 Å². The van der Waals surface area contributed by atoms with Gasteiger partial charge in [-0.2, -0.15) is 0 Å². The largest absolute Gasteiger partial charge is 0.494 e. The third-order valence-electron chi connectivity index (χ3n) is 3.22. The van der Waals surface area contributed by atoms with Crippen LogP contribution in [0, 0.1) is 0 Å². The molecule has 0 saturated heterocycles. The zero-order valence-electron chi connectivity index (χ0n) is 11.8. The van der Waals surface area contributed by atoms with Crippen molar-refractivity contribution in [1.82, 2.24) is 0 Å². The Balaban J connectivity index is 2.51. The molecule has 2 rings (SSSR count). The Morgan fingerprint density at radius 1 is 1.25 bits per heavy atom. The molecule has 0 saturated carbocycles. The van der Waals surface area contributed by atoms with E-state index in [-0.39, 0.29) is 12.4 Å². The topological polar surface area (TPSA) is 61.5 Å². The first-order valence-corrected chi connectivity index (χ1v) is 6.64. The van der Waals surface area contributed by atoms with E-state index in [0.717, 1.165) is 22.1 Å². The number of fused-ring (bicyclic) bond motifs is 1. The molecule has 0 heterocycles. The van der Waals surface area contributed by atoms with Crippen molar-refractivity contribution in [1.29, 1.82) is 0 Å². The van der Waals surface area contributed by atoms with Crippen LogP contribution in [-0.4, -0.2) is 19.7 Å². The fraction of sp³-hybridized carbons (Fsp3) is 0.312. The maximum atomic E-state index is 11.5. The molecule has 20 heavy (non-hydrogen) atoms. The Kier molecular flexibility index (Phi) is 4.58. The summed E-state index contributed by atoms with van der Waals surface area (Å²) in [4.78, 5) is 11.5. The molecule has 0 fully saturated rings. The number of carbonyl (C=O) groups excluding carboxylic acids is 1. The van der Waals surface area contributed by atoms with Crippen molar-refractivity contribution in [3.63, 3.8) is 0 Å². The van der Waals surface area contributed by atoms with Gasteiger partial charge in [0.1, 0.15) is 5.75 Å². The predicted molar refractivity (Wildman–Crippen MR) is 78.7 cm³/mol. The average molecular weight is 273 g/mol. The second-order valence-electron chi connectivity index (χ2n) is 4.52. The van der Waals surface area contributed by atoms with Crippen molar-refractivity contribution in [3.05, 3.63) is 42.0 Å². The smallest absolute Gasteiger partial charge is 0.307 e. The standard InChI is InChI=1S/C16H19NO3/c1-3-20-14-9-8-11-6-4-5-7-12(11)16(14)13(17)10-15(18)19-2/h4-9,13H,3,10,17H2,1-2H3/t13-/m0/s1. The minimum Gasteiger partial charge on any atom is -0.494 e. The van der Waals surface area contributed by atoms with Crippen LogP contribution in [0.2, 0.25) is 0 Å². The van der Waals surface area contributed by atoms with Gasteiger partial charge in [-0.3, -0.25) is 4.79 Å². The molecule has 0 radical (unpaired) electrons. The molecule has 2 N–H and O–H groups in total. The van der Waals surface area contributed by atoms with E-state index in [1.54, 1.807) is 0 Å². The van der Waals surface area contributed by atoms with E-state index in [9.17, 15) is 4.79 Å². The van der Waals surface area contributed by atoms with E-state index in [4.69, 9.17) is 15.2 Å². The van der Waals surface area contributed by atoms with Gasteiger partial charge in [0.2, 0.25) is 0 Å². The molecule has 1 atom stereocenters. The van der Waals surface area contributed by atoms with Crippen LogP contribution in [-0.2, 0) is 9.53 Å². The Morgan fingerprint density at radius 3 is 2.70 bits per heavy atom. The van der Waals surface area contributed by atoms with E-state index in [0.29, 0.717) is 6.61 Å². The molecule has 0 bridgehead atoms. The third kappa shape index (κ3) is 2.91. The first-order valence-electron chi connectivity index (χ1n) is 6.64.